The van der Waals surface area contributed by atoms with Gasteiger partial charge in [0.05, 0.1) is 0 Å². The third kappa shape index (κ3) is 2.50. The molecule has 0 aliphatic heterocycles. The number of esters is 1. The summed E-state index contributed by atoms with van der Waals surface area (Å²) in [4.78, 5) is 10.5. The predicted molar refractivity (Wildman–Crippen MR) is 40.0 cm³/mol. The second-order valence-corrected chi connectivity index (χ2v) is 3.09. The summed E-state index contributed by atoms with van der Waals surface area (Å²) in [6.07, 6.45) is 2.78. The van der Waals surface area contributed by atoms with Gasteiger partial charge in [-0.1, -0.05) is 0 Å². The van der Waals surface area contributed by atoms with Gasteiger partial charge < -0.3 is 9.84 Å². The fourth-order valence-corrected chi connectivity index (χ4v) is 1.54. The van der Waals surface area contributed by atoms with Gasteiger partial charge in [-0.15, -0.1) is 0 Å². The molecule has 2 atom stereocenters. The minimum Gasteiger partial charge on any atom is -0.463 e. The summed E-state index contributed by atoms with van der Waals surface area (Å²) in [5.74, 6) is 0.132. The van der Waals surface area contributed by atoms with E-state index < -0.39 is 0 Å². The Morgan fingerprint density at radius 1 is 1.64 bits per heavy atom. The van der Waals surface area contributed by atoms with Gasteiger partial charge in [-0.25, -0.2) is 0 Å². The van der Waals surface area contributed by atoms with Crippen LogP contribution >= 0.6 is 0 Å². The highest BCUT2D eigenvalue weighted by Gasteiger charge is 2.25. The Kier molecular flexibility index (Phi) is 2.88. The monoisotopic (exact) mass is 158 g/mol. The molecule has 3 heteroatoms. The molecule has 0 aromatic carbocycles. The summed E-state index contributed by atoms with van der Waals surface area (Å²) in [7, 11) is 0. The molecule has 3 nitrogen and oxygen atoms in total. The lowest BCUT2D eigenvalue weighted by atomic mass is 10.1. The fraction of sp³-hybridized carbons (Fsp3) is 0.875. The number of hydrogen-bond acceptors (Lipinski definition) is 3. The van der Waals surface area contributed by atoms with E-state index in [0.717, 1.165) is 19.3 Å². The SMILES string of the molecule is CC(=O)O[C@H]1CC[C@@H](CO)C1. The lowest BCUT2D eigenvalue weighted by Gasteiger charge is -2.09. The summed E-state index contributed by atoms with van der Waals surface area (Å²) in [6, 6.07) is 0. The van der Waals surface area contributed by atoms with Crippen LogP contribution in [0.5, 0.6) is 0 Å². The Hall–Kier alpha value is -0.570. The van der Waals surface area contributed by atoms with Crippen LogP contribution in [-0.2, 0) is 9.53 Å². The molecule has 0 heterocycles. The van der Waals surface area contributed by atoms with E-state index in [1.54, 1.807) is 0 Å². The maximum Gasteiger partial charge on any atom is 0.302 e. The predicted octanol–water partition coefficient (Wildman–Crippen LogP) is 0.710. The van der Waals surface area contributed by atoms with E-state index in [1.165, 1.54) is 6.92 Å². The van der Waals surface area contributed by atoms with Crippen molar-refractivity contribution in [1.29, 1.82) is 0 Å². The van der Waals surface area contributed by atoms with Crippen molar-refractivity contribution < 1.29 is 14.6 Å². The molecule has 64 valence electrons. The quantitative estimate of drug-likeness (QED) is 0.602. The van der Waals surface area contributed by atoms with Gasteiger partial charge in [-0.05, 0) is 25.2 Å². The molecule has 0 amide bonds. The Balaban J connectivity index is 2.24. The highest BCUT2D eigenvalue weighted by atomic mass is 16.5. The normalized spacial score (nSPS) is 30.4. The van der Waals surface area contributed by atoms with Gasteiger partial charge in [-0.2, -0.15) is 0 Å². The van der Waals surface area contributed by atoms with Gasteiger partial charge >= 0.3 is 5.97 Å². The van der Waals surface area contributed by atoms with Gasteiger partial charge in [-0.3, -0.25) is 4.79 Å². The number of carbonyl (C=O) groups is 1. The molecule has 0 bridgehead atoms. The molecule has 0 aromatic rings. The molecule has 1 fully saturated rings. The molecule has 1 aliphatic carbocycles. The fourth-order valence-electron chi connectivity index (χ4n) is 1.54. The first-order valence-corrected chi connectivity index (χ1v) is 4.00. The van der Waals surface area contributed by atoms with Gasteiger partial charge in [0.15, 0.2) is 0 Å². The topological polar surface area (TPSA) is 46.5 Å². The van der Waals surface area contributed by atoms with Gasteiger partial charge in [0.2, 0.25) is 0 Å². The summed E-state index contributed by atoms with van der Waals surface area (Å²) < 4.78 is 4.99. The van der Waals surface area contributed by atoms with E-state index in [-0.39, 0.29) is 18.7 Å². The first-order chi connectivity index (χ1) is 5.22. The zero-order chi connectivity index (χ0) is 8.27. The summed E-state index contributed by atoms with van der Waals surface area (Å²) in [5.41, 5.74) is 0. The van der Waals surface area contributed by atoms with Gasteiger partial charge in [0.25, 0.3) is 0 Å². The van der Waals surface area contributed by atoms with Crippen molar-refractivity contribution in [2.45, 2.75) is 32.3 Å². The lowest BCUT2D eigenvalue weighted by molar-refractivity contribution is -0.146. The lowest BCUT2D eigenvalue weighted by Crippen LogP contribution is -2.13. The highest BCUT2D eigenvalue weighted by Crippen LogP contribution is 2.27. The molecule has 0 radical (unpaired) electrons. The largest absolute Gasteiger partial charge is 0.463 e. The average molecular weight is 158 g/mol. The second kappa shape index (κ2) is 3.72. The molecular weight excluding hydrogens is 144 g/mol. The summed E-state index contributed by atoms with van der Waals surface area (Å²) in [6.45, 7) is 1.64. The van der Waals surface area contributed by atoms with Crippen LogP contribution in [0.25, 0.3) is 0 Å². The third-order valence-electron chi connectivity index (χ3n) is 2.08. The van der Waals surface area contributed by atoms with Crippen LogP contribution < -0.4 is 0 Å². The van der Waals surface area contributed by atoms with Gasteiger partial charge in [0.1, 0.15) is 6.10 Å². The number of aliphatic hydroxyl groups is 1. The Morgan fingerprint density at radius 2 is 2.36 bits per heavy atom. The van der Waals surface area contributed by atoms with Crippen molar-refractivity contribution in [2.75, 3.05) is 6.61 Å². The third-order valence-corrected chi connectivity index (χ3v) is 2.08. The molecule has 1 rings (SSSR count). The number of rotatable bonds is 2. The van der Waals surface area contributed by atoms with Gasteiger partial charge in [0, 0.05) is 13.5 Å². The number of hydrogen-bond donors (Lipinski definition) is 1. The van der Waals surface area contributed by atoms with E-state index in [2.05, 4.69) is 0 Å². The number of ether oxygens (including phenoxy) is 1. The van der Waals surface area contributed by atoms with Crippen molar-refractivity contribution in [1.82, 2.24) is 0 Å². The van der Waals surface area contributed by atoms with E-state index >= 15 is 0 Å². The highest BCUT2D eigenvalue weighted by molar-refractivity contribution is 5.66. The Bertz CT molecular complexity index is 144. The number of aliphatic hydroxyl groups excluding tert-OH is 1. The van der Waals surface area contributed by atoms with Crippen molar-refractivity contribution in [3.8, 4) is 0 Å². The van der Waals surface area contributed by atoms with Crippen LogP contribution in [-0.4, -0.2) is 23.8 Å². The maximum absolute atomic E-state index is 10.5. The molecule has 0 unspecified atom stereocenters. The standard InChI is InChI=1S/C8H14O3/c1-6(10)11-8-3-2-7(4-8)5-9/h7-9H,2-5H2,1H3/t7-,8+/m1/s1. The van der Waals surface area contributed by atoms with E-state index in [0.29, 0.717) is 5.92 Å². The smallest absolute Gasteiger partial charge is 0.302 e. The zero-order valence-corrected chi connectivity index (χ0v) is 6.75. The van der Waals surface area contributed by atoms with Crippen molar-refractivity contribution >= 4 is 5.97 Å². The summed E-state index contributed by atoms with van der Waals surface area (Å²) >= 11 is 0. The molecule has 0 aromatic heterocycles. The van der Waals surface area contributed by atoms with Crippen molar-refractivity contribution in [3.05, 3.63) is 0 Å². The van der Waals surface area contributed by atoms with E-state index in [4.69, 9.17) is 9.84 Å². The van der Waals surface area contributed by atoms with Crippen LogP contribution in [0, 0.1) is 5.92 Å². The van der Waals surface area contributed by atoms with Crippen LogP contribution in [0.1, 0.15) is 26.2 Å². The van der Waals surface area contributed by atoms with Crippen LogP contribution in [0.2, 0.25) is 0 Å². The molecule has 1 N–H and O–H groups in total. The zero-order valence-electron chi connectivity index (χ0n) is 6.75. The minimum absolute atomic E-state index is 0.0599. The maximum atomic E-state index is 10.5. The molecule has 1 saturated carbocycles. The Morgan fingerprint density at radius 3 is 2.82 bits per heavy atom. The molecule has 0 saturated heterocycles. The molecule has 11 heavy (non-hydrogen) atoms. The first kappa shape index (κ1) is 8.53. The molecular formula is C8H14O3. The summed E-state index contributed by atoms with van der Waals surface area (Å²) in [5, 5.41) is 8.78. The van der Waals surface area contributed by atoms with E-state index in [9.17, 15) is 4.79 Å². The van der Waals surface area contributed by atoms with Crippen molar-refractivity contribution in [3.63, 3.8) is 0 Å². The van der Waals surface area contributed by atoms with Crippen LogP contribution in [0.4, 0.5) is 0 Å². The van der Waals surface area contributed by atoms with Crippen LogP contribution in [0.3, 0.4) is 0 Å². The number of carbonyl (C=O) groups excluding carboxylic acids is 1. The van der Waals surface area contributed by atoms with Crippen molar-refractivity contribution in [2.24, 2.45) is 5.92 Å². The van der Waals surface area contributed by atoms with Crippen LogP contribution in [0.15, 0.2) is 0 Å². The average Bonchev–Trinajstić information content (AvgIpc) is 2.34. The Labute approximate surface area is 66.4 Å². The second-order valence-electron chi connectivity index (χ2n) is 3.09. The first-order valence-electron chi connectivity index (χ1n) is 4.00. The van der Waals surface area contributed by atoms with E-state index in [1.807, 2.05) is 0 Å². The molecule has 0 spiro atoms. The molecule has 1 aliphatic rings. The minimum atomic E-state index is -0.214.